The number of carbonyl (C=O) groups is 1. The second-order valence-corrected chi connectivity index (χ2v) is 13.7. The van der Waals surface area contributed by atoms with E-state index >= 15 is 0 Å². The molecule has 3 aliphatic rings. The number of carbonyl (C=O) groups excluding carboxylic acids is 1. The van der Waals surface area contributed by atoms with Gasteiger partial charge in [0.25, 0.3) is 5.91 Å². The van der Waals surface area contributed by atoms with Crippen molar-refractivity contribution in [1.29, 1.82) is 0 Å². The second-order valence-electron chi connectivity index (χ2n) is 13.7. The van der Waals surface area contributed by atoms with E-state index in [0.29, 0.717) is 35.1 Å². The molecule has 7 rings (SSSR count). The number of fused-ring (bicyclic) bond motifs is 4. The minimum absolute atomic E-state index is 0.0153. The van der Waals surface area contributed by atoms with Gasteiger partial charge in [0, 0.05) is 73.8 Å². The average molecular weight is 704 g/mol. The number of anilines is 1. The Kier molecular flexibility index (Phi) is 11.6. The summed E-state index contributed by atoms with van der Waals surface area (Å²) < 4.78 is 48.5. The van der Waals surface area contributed by atoms with Crippen molar-refractivity contribution in [3.63, 3.8) is 0 Å². The van der Waals surface area contributed by atoms with Crippen molar-refractivity contribution in [2.75, 3.05) is 78.1 Å². The summed E-state index contributed by atoms with van der Waals surface area (Å²) in [4.78, 5) is 31.6. The van der Waals surface area contributed by atoms with Crippen molar-refractivity contribution in [3.8, 4) is 22.9 Å². The van der Waals surface area contributed by atoms with Crippen LogP contribution < -0.4 is 24.5 Å². The van der Waals surface area contributed by atoms with Crippen molar-refractivity contribution >= 4 is 22.5 Å². The maximum atomic E-state index is 14.1. The monoisotopic (exact) mass is 703 g/mol. The molecular weight excluding hydrogens is 654 g/mol. The van der Waals surface area contributed by atoms with Gasteiger partial charge in [-0.1, -0.05) is 19.3 Å². The number of pyridine rings is 1. The lowest BCUT2D eigenvalue weighted by atomic mass is 10.1. The molecule has 3 aliphatic heterocycles. The van der Waals surface area contributed by atoms with Gasteiger partial charge >= 0.3 is 0 Å². The number of unbranched alkanes of at least 4 members (excludes halogenated alkanes) is 5. The van der Waals surface area contributed by atoms with Crippen LogP contribution in [-0.4, -0.2) is 93.0 Å². The summed E-state index contributed by atoms with van der Waals surface area (Å²) in [5.41, 5.74) is 0.448. The Hall–Kier alpha value is -4.48. The minimum Gasteiger partial charge on any atom is -0.497 e. The zero-order chi connectivity index (χ0) is 36.0. The molecule has 0 unspecified atom stereocenters. The molecule has 1 amide bonds. The average Bonchev–Trinajstić information content (AvgIpc) is 3.14. The lowest BCUT2D eigenvalue weighted by molar-refractivity contribution is -0.941. The molecule has 51 heavy (non-hydrogen) atoms. The van der Waals surface area contributed by atoms with Gasteiger partial charge < -0.3 is 28.2 Å². The molecule has 4 heterocycles. The lowest BCUT2D eigenvalue weighted by Gasteiger charge is -2.50. The molecule has 3 fully saturated rings. The third-order valence-electron chi connectivity index (χ3n) is 10.5. The van der Waals surface area contributed by atoms with Gasteiger partial charge in [-0.05, 0) is 50.5 Å². The molecule has 272 valence electrons. The normalized spacial score (nSPS) is 18.2. The number of piperazine rings is 3. The molecule has 0 N–H and O–H groups in total. The van der Waals surface area contributed by atoms with E-state index < -0.39 is 23.0 Å². The Morgan fingerprint density at radius 1 is 0.804 bits per heavy atom. The van der Waals surface area contributed by atoms with E-state index in [1.54, 1.807) is 62.1 Å². The Morgan fingerprint density at radius 2 is 1.43 bits per heavy atom. The fraction of sp³-hybridized carbons (Fsp3) is 0.450. The topological polar surface area (TPSA) is 73.2 Å². The van der Waals surface area contributed by atoms with Gasteiger partial charge in [0.2, 0.25) is 5.43 Å². The standard InChI is InChI=1S/C40H49F2N4O5/c1-4-44(31-22-29(41)21-30(42)23-31)40(48)37-28-45(32-24-34(49-2)26-35(25-32)50-3)38-27-33(11-12-36(38)39(37)47)51-20-10-8-6-5-7-9-16-46-17-13-43(14-18-46)15-19-46/h11-12,21-28H,4-10,13-20H2,1-3H3/q+1. The fourth-order valence-electron chi connectivity index (χ4n) is 7.49. The summed E-state index contributed by atoms with van der Waals surface area (Å²) >= 11 is 0. The molecular formula is C40H49F2N4O5+. The number of quaternary nitrogens is 1. The van der Waals surface area contributed by atoms with E-state index in [1.165, 1.54) is 87.1 Å². The van der Waals surface area contributed by atoms with Gasteiger partial charge in [0.05, 0.1) is 58.2 Å². The van der Waals surface area contributed by atoms with Crippen LogP contribution >= 0.6 is 0 Å². The smallest absolute Gasteiger partial charge is 0.263 e. The van der Waals surface area contributed by atoms with E-state index in [9.17, 15) is 18.4 Å². The van der Waals surface area contributed by atoms with E-state index in [1.807, 2.05) is 0 Å². The highest BCUT2D eigenvalue weighted by Crippen LogP contribution is 2.30. The van der Waals surface area contributed by atoms with Crippen molar-refractivity contribution in [2.24, 2.45) is 0 Å². The zero-order valence-corrected chi connectivity index (χ0v) is 30.0. The summed E-state index contributed by atoms with van der Waals surface area (Å²) in [6.07, 6.45) is 8.48. The van der Waals surface area contributed by atoms with Crippen LogP contribution in [0.25, 0.3) is 16.6 Å². The predicted molar refractivity (Wildman–Crippen MR) is 196 cm³/mol. The zero-order valence-electron chi connectivity index (χ0n) is 30.0. The molecule has 9 nitrogen and oxygen atoms in total. The number of aromatic nitrogens is 1. The molecule has 0 spiro atoms. The molecule has 2 bridgehead atoms. The summed E-state index contributed by atoms with van der Waals surface area (Å²) in [5, 5.41) is 0.286. The molecule has 0 saturated carbocycles. The third-order valence-corrected chi connectivity index (χ3v) is 10.5. The van der Waals surface area contributed by atoms with E-state index in [2.05, 4.69) is 4.90 Å². The highest BCUT2D eigenvalue weighted by molar-refractivity contribution is 6.07. The Labute approximate surface area is 298 Å². The van der Waals surface area contributed by atoms with Gasteiger partial charge in [0.1, 0.15) is 34.4 Å². The van der Waals surface area contributed by atoms with Crippen LogP contribution in [0.4, 0.5) is 14.5 Å². The number of amides is 1. The van der Waals surface area contributed by atoms with Crippen LogP contribution in [0.2, 0.25) is 0 Å². The minimum atomic E-state index is -0.822. The molecule has 0 radical (unpaired) electrons. The SMILES string of the molecule is CCN(C(=O)c1cn(-c2cc(OC)cc(OC)c2)c2cc(OCCCCCCCC[N+]34CCN(CC3)CC4)ccc2c1=O)c1cc(F)cc(F)c1. The number of benzene rings is 3. The predicted octanol–water partition coefficient (Wildman–Crippen LogP) is 6.82. The molecule has 4 aromatic rings. The first kappa shape index (κ1) is 36.3. The quantitative estimate of drug-likeness (QED) is 0.0943. The summed E-state index contributed by atoms with van der Waals surface area (Å²) in [6, 6.07) is 13.3. The summed E-state index contributed by atoms with van der Waals surface area (Å²) in [6.45, 7) is 11.4. The molecule has 11 heteroatoms. The molecule has 3 aromatic carbocycles. The van der Waals surface area contributed by atoms with E-state index in [-0.39, 0.29) is 23.2 Å². The maximum absolute atomic E-state index is 14.1. The van der Waals surface area contributed by atoms with Gasteiger partial charge in [-0.15, -0.1) is 0 Å². The highest BCUT2D eigenvalue weighted by atomic mass is 19.1. The molecule has 0 atom stereocenters. The molecule has 0 aliphatic carbocycles. The third kappa shape index (κ3) is 8.37. The Balaban J connectivity index is 1.17. The van der Waals surface area contributed by atoms with Crippen molar-refractivity contribution in [2.45, 2.75) is 45.4 Å². The summed E-state index contributed by atoms with van der Waals surface area (Å²) in [5.74, 6) is -0.697. The molecule has 1 aromatic heterocycles. The first-order valence-corrected chi connectivity index (χ1v) is 18.1. The van der Waals surface area contributed by atoms with E-state index in [0.717, 1.165) is 31.0 Å². The first-order chi connectivity index (χ1) is 24.7. The van der Waals surface area contributed by atoms with Gasteiger partial charge in [-0.3, -0.25) is 14.5 Å². The van der Waals surface area contributed by atoms with Crippen LogP contribution in [0.3, 0.4) is 0 Å². The Bertz CT molecular complexity index is 1850. The van der Waals surface area contributed by atoms with Gasteiger partial charge in [0.15, 0.2) is 0 Å². The van der Waals surface area contributed by atoms with Crippen LogP contribution in [0, 0.1) is 11.6 Å². The number of hydrogen-bond acceptors (Lipinski definition) is 6. The number of methoxy groups -OCH3 is 2. The largest absolute Gasteiger partial charge is 0.497 e. The molecule has 3 saturated heterocycles. The van der Waals surface area contributed by atoms with Crippen LogP contribution in [0.15, 0.2) is 65.6 Å². The van der Waals surface area contributed by atoms with Crippen LogP contribution in [-0.2, 0) is 0 Å². The van der Waals surface area contributed by atoms with Gasteiger partial charge in [-0.2, -0.15) is 0 Å². The second kappa shape index (κ2) is 16.2. The number of halogens is 2. The number of hydrogen-bond donors (Lipinski definition) is 0. The maximum Gasteiger partial charge on any atom is 0.263 e. The highest BCUT2D eigenvalue weighted by Gasteiger charge is 2.37. The number of nitrogens with zero attached hydrogens (tertiary/aromatic N) is 4. The van der Waals surface area contributed by atoms with Crippen molar-refractivity contribution in [3.05, 3.63) is 88.2 Å². The van der Waals surface area contributed by atoms with Crippen LogP contribution in [0.1, 0.15) is 55.8 Å². The van der Waals surface area contributed by atoms with Crippen molar-refractivity contribution < 1.29 is 32.3 Å². The van der Waals surface area contributed by atoms with Crippen LogP contribution in [0.5, 0.6) is 17.2 Å². The first-order valence-electron chi connectivity index (χ1n) is 18.1. The van der Waals surface area contributed by atoms with E-state index in [4.69, 9.17) is 14.2 Å². The van der Waals surface area contributed by atoms with Crippen molar-refractivity contribution in [1.82, 2.24) is 9.47 Å². The number of rotatable bonds is 16. The fourth-order valence-corrected chi connectivity index (χ4v) is 7.49. The Morgan fingerprint density at radius 3 is 2.06 bits per heavy atom. The number of ether oxygens (including phenoxy) is 3. The summed E-state index contributed by atoms with van der Waals surface area (Å²) in [7, 11) is 3.08. The van der Waals surface area contributed by atoms with Gasteiger partial charge in [-0.25, -0.2) is 8.78 Å². The lowest BCUT2D eigenvalue weighted by Crippen LogP contribution is -2.67.